The summed E-state index contributed by atoms with van der Waals surface area (Å²) < 4.78 is 25.1. The van der Waals surface area contributed by atoms with Crippen LogP contribution in [0.25, 0.3) is 11.0 Å². The second-order valence-electron chi connectivity index (χ2n) is 6.99. The summed E-state index contributed by atoms with van der Waals surface area (Å²) >= 11 is 1.36. The van der Waals surface area contributed by atoms with Gasteiger partial charge in [-0.1, -0.05) is 23.9 Å². The number of nitrogens with zero attached hydrogens (tertiary/aromatic N) is 3. The van der Waals surface area contributed by atoms with Crippen molar-refractivity contribution in [3.8, 4) is 0 Å². The summed E-state index contributed by atoms with van der Waals surface area (Å²) in [4.78, 5) is 31.0. The number of imidazole rings is 1. The van der Waals surface area contributed by atoms with Gasteiger partial charge in [0.25, 0.3) is 0 Å². The summed E-state index contributed by atoms with van der Waals surface area (Å²) in [5.74, 6) is -0.220. The molecule has 0 saturated carbocycles. The molecule has 1 fully saturated rings. The molecule has 8 nitrogen and oxygen atoms in total. The predicted molar refractivity (Wildman–Crippen MR) is 114 cm³/mol. The normalized spacial score (nSPS) is 18.1. The molecule has 1 saturated heterocycles. The van der Waals surface area contributed by atoms with E-state index < -0.39 is 9.84 Å². The Morgan fingerprint density at radius 3 is 2.72 bits per heavy atom. The van der Waals surface area contributed by atoms with Gasteiger partial charge in [-0.05, 0) is 32.4 Å². The van der Waals surface area contributed by atoms with E-state index in [1.807, 2.05) is 38.1 Å². The first kappa shape index (κ1) is 21.6. The fraction of sp³-hybridized carbons (Fsp3) is 0.526. The number of hydrogen-bond acceptors (Lipinski definition) is 6. The van der Waals surface area contributed by atoms with Crippen molar-refractivity contribution in [2.75, 3.05) is 30.3 Å². The number of nitrogens with one attached hydrogen (secondary N) is 1. The van der Waals surface area contributed by atoms with Crippen LogP contribution in [0.15, 0.2) is 29.4 Å². The summed E-state index contributed by atoms with van der Waals surface area (Å²) in [6.45, 7) is 4.93. The van der Waals surface area contributed by atoms with Gasteiger partial charge in [0, 0.05) is 19.1 Å². The summed E-state index contributed by atoms with van der Waals surface area (Å²) in [5, 5.41) is 3.51. The van der Waals surface area contributed by atoms with Gasteiger partial charge in [-0.15, -0.1) is 0 Å². The fourth-order valence-corrected chi connectivity index (χ4v) is 6.07. The van der Waals surface area contributed by atoms with E-state index >= 15 is 0 Å². The van der Waals surface area contributed by atoms with Gasteiger partial charge < -0.3 is 14.8 Å². The number of aryl methyl sites for hydroxylation is 1. The Hall–Kier alpha value is -2.07. The molecule has 1 atom stereocenters. The maximum Gasteiger partial charge on any atom is 0.239 e. The highest BCUT2D eigenvalue weighted by molar-refractivity contribution is 7.99. The average Bonchev–Trinajstić information content (AvgIpc) is 3.22. The van der Waals surface area contributed by atoms with Gasteiger partial charge in [-0.25, -0.2) is 13.4 Å². The van der Waals surface area contributed by atoms with Crippen LogP contribution in [0.4, 0.5) is 0 Å². The van der Waals surface area contributed by atoms with E-state index in [-0.39, 0.29) is 41.7 Å². The topological polar surface area (TPSA) is 101 Å². The third-order valence-corrected chi connectivity index (χ3v) is 7.66. The van der Waals surface area contributed by atoms with Crippen LogP contribution < -0.4 is 5.32 Å². The quantitative estimate of drug-likeness (QED) is 0.624. The van der Waals surface area contributed by atoms with Crippen molar-refractivity contribution in [2.45, 2.75) is 38.0 Å². The SMILES string of the molecule is CCN(CC(=O)N[C@H]1CCS(=O)(=O)C1)C(=O)CSc1nc2ccccc2n1CC. The number of carbonyl (C=O) groups is 2. The van der Waals surface area contributed by atoms with Crippen LogP contribution in [0.1, 0.15) is 20.3 Å². The molecule has 2 heterocycles. The first-order valence-electron chi connectivity index (χ1n) is 9.68. The summed E-state index contributed by atoms with van der Waals surface area (Å²) in [7, 11) is -3.06. The van der Waals surface area contributed by atoms with Gasteiger partial charge in [-0.3, -0.25) is 9.59 Å². The number of benzene rings is 1. The van der Waals surface area contributed by atoms with Crippen molar-refractivity contribution in [3.63, 3.8) is 0 Å². The molecule has 0 radical (unpaired) electrons. The van der Waals surface area contributed by atoms with E-state index in [0.717, 1.165) is 22.7 Å². The molecule has 0 spiro atoms. The Balaban J connectivity index is 1.57. The first-order valence-corrected chi connectivity index (χ1v) is 12.5. The van der Waals surface area contributed by atoms with Crippen LogP contribution in [-0.4, -0.2) is 71.1 Å². The number of rotatable bonds is 8. The van der Waals surface area contributed by atoms with Crippen LogP contribution in [-0.2, 0) is 26.0 Å². The zero-order valence-corrected chi connectivity index (χ0v) is 18.3. The standard InChI is InChI=1S/C19H26N4O4S2/c1-3-22(11-17(24)20-14-9-10-29(26,27)13-14)18(25)12-28-19-21-15-7-5-6-8-16(15)23(19)4-2/h5-8,14H,3-4,9-13H2,1-2H3,(H,20,24)/t14-/m0/s1. The third-order valence-electron chi connectivity index (χ3n) is 4.93. The second kappa shape index (κ2) is 9.17. The molecule has 29 heavy (non-hydrogen) atoms. The number of aromatic nitrogens is 2. The second-order valence-corrected chi connectivity index (χ2v) is 10.2. The summed E-state index contributed by atoms with van der Waals surface area (Å²) in [6.07, 6.45) is 0.428. The number of thioether (sulfide) groups is 1. The third kappa shape index (κ3) is 5.30. The van der Waals surface area contributed by atoms with Crippen molar-refractivity contribution in [3.05, 3.63) is 24.3 Å². The highest BCUT2D eigenvalue weighted by Gasteiger charge is 2.29. The van der Waals surface area contributed by atoms with Gasteiger partial charge in [0.2, 0.25) is 11.8 Å². The Morgan fingerprint density at radius 1 is 1.31 bits per heavy atom. The smallest absolute Gasteiger partial charge is 0.239 e. The lowest BCUT2D eigenvalue weighted by Gasteiger charge is -2.21. The molecule has 0 unspecified atom stereocenters. The highest BCUT2D eigenvalue weighted by atomic mass is 32.2. The Labute approximate surface area is 175 Å². The van der Waals surface area contributed by atoms with Crippen LogP contribution in [0.2, 0.25) is 0 Å². The molecule has 2 amide bonds. The zero-order valence-electron chi connectivity index (χ0n) is 16.6. The lowest BCUT2D eigenvalue weighted by atomic mass is 10.2. The Bertz CT molecular complexity index is 1000. The van der Waals surface area contributed by atoms with Gasteiger partial charge in [0.1, 0.15) is 0 Å². The minimum Gasteiger partial charge on any atom is -0.351 e. The van der Waals surface area contributed by atoms with Crippen molar-refractivity contribution in [1.82, 2.24) is 19.8 Å². The number of fused-ring (bicyclic) bond motifs is 1. The van der Waals surface area contributed by atoms with E-state index in [1.165, 1.54) is 16.7 Å². The molecular formula is C19H26N4O4S2. The lowest BCUT2D eigenvalue weighted by Crippen LogP contribution is -2.45. The minimum atomic E-state index is -3.06. The van der Waals surface area contributed by atoms with Crippen LogP contribution in [0.3, 0.4) is 0 Å². The number of hydrogen-bond donors (Lipinski definition) is 1. The number of amides is 2. The van der Waals surface area contributed by atoms with E-state index in [1.54, 1.807) is 0 Å². The molecule has 1 aliphatic heterocycles. The molecule has 158 valence electrons. The number of para-hydroxylation sites is 2. The van der Waals surface area contributed by atoms with Crippen LogP contribution in [0, 0.1) is 0 Å². The Morgan fingerprint density at radius 2 is 2.07 bits per heavy atom. The van der Waals surface area contributed by atoms with E-state index in [0.29, 0.717) is 13.0 Å². The molecule has 3 rings (SSSR count). The number of carbonyl (C=O) groups excluding carboxylic acids is 2. The molecule has 0 aliphatic carbocycles. The number of likely N-dealkylation sites (N-methyl/N-ethyl adjacent to an activating group) is 1. The summed E-state index contributed by atoms with van der Waals surface area (Å²) in [5.41, 5.74) is 1.92. The van der Waals surface area contributed by atoms with E-state index in [4.69, 9.17) is 0 Å². The van der Waals surface area contributed by atoms with Gasteiger partial charge >= 0.3 is 0 Å². The monoisotopic (exact) mass is 438 g/mol. The van der Waals surface area contributed by atoms with Crippen molar-refractivity contribution in [1.29, 1.82) is 0 Å². The van der Waals surface area contributed by atoms with Gasteiger partial charge in [0.05, 0.1) is 34.8 Å². The van der Waals surface area contributed by atoms with E-state index in [2.05, 4.69) is 14.9 Å². The predicted octanol–water partition coefficient (Wildman–Crippen LogP) is 1.30. The van der Waals surface area contributed by atoms with Gasteiger partial charge in [-0.2, -0.15) is 0 Å². The molecule has 1 aromatic heterocycles. The molecule has 1 aliphatic rings. The number of sulfone groups is 1. The summed E-state index contributed by atoms with van der Waals surface area (Å²) in [6, 6.07) is 7.48. The average molecular weight is 439 g/mol. The molecule has 0 bridgehead atoms. The zero-order chi connectivity index (χ0) is 21.0. The van der Waals surface area contributed by atoms with Crippen molar-refractivity contribution in [2.24, 2.45) is 0 Å². The molecule has 2 aromatic rings. The van der Waals surface area contributed by atoms with E-state index in [9.17, 15) is 18.0 Å². The minimum absolute atomic E-state index is 0.0259. The maximum atomic E-state index is 12.6. The fourth-order valence-electron chi connectivity index (χ4n) is 3.42. The van der Waals surface area contributed by atoms with Crippen LogP contribution in [0.5, 0.6) is 0 Å². The Kier molecular flexibility index (Phi) is 6.84. The molecule has 10 heteroatoms. The largest absolute Gasteiger partial charge is 0.351 e. The molecule has 1 aromatic carbocycles. The molecule has 1 N–H and O–H groups in total. The van der Waals surface area contributed by atoms with Crippen LogP contribution >= 0.6 is 11.8 Å². The van der Waals surface area contributed by atoms with Crippen molar-refractivity contribution >= 4 is 44.4 Å². The highest BCUT2D eigenvalue weighted by Crippen LogP contribution is 2.24. The maximum absolute atomic E-state index is 12.6. The lowest BCUT2D eigenvalue weighted by molar-refractivity contribution is -0.134. The van der Waals surface area contributed by atoms with Crippen molar-refractivity contribution < 1.29 is 18.0 Å². The van der Waals surface area contributed by atoms with Gasteiger partial charge in [0.15, 0.2) is 15.0 Å². The molecular weight excluding hydrogens is 412 g/mol. The first-order chi connectivity index (χ1) is 13.8.